The summed E-state index contributed by atoms with van der Waals surface area (Å²) in [7, 11) is 0. The molecule has 2 fully saturated rings. The summed E-state index contributed by atoms with van der Waals surface area (Å²) in [5, 5.41) is 22.0. The molecule has 250 valence electrons. The standard InChI is InChI=1S/C38H44O9/c1-21(2)10-11-25-31-24(13-16-36(8,45-31)15-9-14-34(4,5)43)29(40)28-30(41)26-18-23-19-27-35(6,7)47-37(33(23)42,17-12-22(3)44-20-39)38(26,27)46-32(25)28/h9-10,12-14,16,18,20,23,27,40,43H,11,15,17,19H2,1-8H3/b14-9+,22-12-/t23-,27?,36-,37-,38-/m1/s1. The number of benzene rings is 1. The summed E-state index contributed by atoms with van der Waals surface area (Å²) in [4.78, 5) is 40.1. The van der Waals surface area contributed by atoms with Crippen LogP contribution in [0.4, 0.5) is 0 Å². The number of phenols is 1. The number of ether oxygens (including phenoxy) is 4. The molecule has 47 heavy (non-hydrogen) atoms. The summed E-state index contributed by atoms with van der Waals surface area (Å²) in [6.45, 7) is 15.0. The van der Waals surface area contributed by atoms with Crippen LogP contribution in [0.1, 0.15) is 96.1 Å². The molecule has 1 aromatic rings. The molecule has 3 aliphatic heterocycles. The number of rotatable bonds is 9. The lowest BCUT2D eigenvalue weighted by atomic mass is 9.51. The summed E-state index contributed by atoms with van der Waals surface area (Å²) in [5.74, 6) is -0.907. The lowest BCUT2D eigenvalue weighted by molar-refractivity contribution is -0.171. The summed E-state index contributed by atoms with van der Waals surface area (Å²) >= 11 is 0. The molecule has 4 bridgehead atoms. The van der Waals surface area contributed by atoms with Gasteiger partial charge in [0.2, 0.25) is 0 Å². The van der Waals surface area contributed by atoms with E-state index in [1.807, 2.05) is 52.8 Å². The zero-order valence-electron chi connectivity index (χ0n) is 28.4. The fraction of sp³-hybridized carbons (Fsp3) is 0.500. The van der Waals surface area contributed by atoms with Crippen LogP contribution >= 0.6 is 0 Å². The average molecular weight is 645 g/mol. The third-order valence-corrected chi connectivity index (χ3v) is 10.2. The largest absolute Gasteiger partial charge is 0.506 e. The number of fused-ring (bicyclic) bond motifs is 2. The average Bonchev–Trinajstić information content (AvgIpc) is 3.12. The van der Waals surface area contributed by atoms with Crippen molar-refractivity contribution in [3.05, 3.63) is 70.1 Å². The van der Waals surface area contributed by atoms with Crippen molar-refractivity contribution in [3.8, 4) is 17.2 Å². The van der Waals surface area contributed by atoms with Crippen LogP contribution in [0.2, 0.25) is 0 Å². The Kier molecular flexibility index (Phi) is 7.57. The van der Waals surface area contributed by atoms with Crippen molar-refractivity contribution in [2.45, 2.75) is 109 Å². The van der Waals surface area contributed by atoms with Crippen LogP contribution in [0.15, 0.2) is 53.4 Å². The first kappa shape index (κ1) is 33.0. The molecule has 1 aromatic carbocycles. The first-order valence-corrected chi connectivity index (χ1v) is 16.2. The number of carbonyl (C=O) groups excluding carboxylic acids is 3. The highest BCUT2D eigenvalue weighted by atomic mass is 16.6. The van der Waals surface area contributed by atoms with Gasteiger partial charge in [0.15, 0.2) is 22.8 Å². The van der Waals surface area contributed by atoms with E-state index >= 15 is 0 Å². The van der Waals surface area contributed by atoms with Crippen molar-refractivity contribution < 1.29 is 43.5 Å². The number of carbonyl (C=O) groups is 3. The molecule has 1 unspecified atom stereocenters. The number of phenolic OH excluding ortho intramolecular Hbond substituents is 1. The van der Waals surface area contributed by atoms with Gasteiger partial charge in [-0.2, -0.15) is 0 Å². The Morgan fingerprint density at radius 1 is 1.09 bits per heavy atom. The van der Waals surface area contributed by atoms with Gasteiger partial charge >= 0.3 is 0 Å². The van der Waals surface area contributed by atoms with Gasteiger partial charge in [-0.3, -0.25) is 14.4 Å². The predicted octanol–water partition coefficient (Wildman–Crippen LogP) is 6.26. The van der Waals surface area contributed by atoms with Crippen LogP contribution in [0.5, 0.6) is 17.2 Å². The lowest BCUT2D eigenvalue weighted by Crippen LogP contribution is -2.72. The summed E-state index contributed by atoms with van der Waals surface area (Å²) in [6.07, 6.45) is 13.8. The van der Waals surface area contributed by atoms with Gasteiger partial charge < -0.3 is 29.2 Å². The summed E-state index contributed by atoms with van der Waals surface area (Å²) in [5.41, 5.74) is -3.39. The number of hydrogen-bond donors (Lipinski definition) is 2. The predicted molar refractivity (Wildman–Crippen MR) is 175 cm³/mol. The van der Waals surface area contributed by atoms with Gasteiger partial charge in [-0.25, -0.2) is 0 Å². The Hall–Kier alpha value is -3.95. The summed E-state index contributed by atoms with van der Waals surface area (Å²) < 4.78 is 25.6. The first-order valence-electron chi connectivity index (χ1n) is 16.2. The first-order chi connectivity index (χ1) is 21.9. The number of aromatic hydroxyl groups is 1. The highest BCUT2D eigenvalue weighted by Gasteiger charge is 2.81. The van der Waals surface area contributed by atoms with E-state index in [2.05, 4.69) is 0 Å². The van der Waals surface area contributed by atoms with Crippen molar-refractivity contribution in [2.24, 2.45) is 11.8 Å². The van der Waals surface area contributed by atoms with Gasteiger partial charge in [-0.15, -0.1) is 0 Å². The summed E-state index contributed by atoms with van der Waals surface area (Å²) in [6, 6.07) is 0. The molecule has 0 radical (unpaired) electrons. The number of ketones is 2. The maximum atomic E-state index is 14.7. The van der Waals surface area contributed by atoms with Crippen LogP contribution in [-0.2, 0) is 25.5 Å². The van der Waals surface area contributed by atoms with Gasteiger partial charge in [-0.05, 0) is 86.5 Å². The Morgan fingerprint density at radius 2 is 1.81 bits per heavy atom. The number of aliphatic hydroxyl groups is 1. The van der Waals surface area contributed by atoms with Gasteiger partial charge in [-0.1, -0.05) is 29.9 Å². The smallest absolute Gasteiger partial charge is 0.298 e. The molecule has 1 saturated heterocycles. The second kappa shape index (κ2) is 10.8. The van der Waals surface area contributed by atoms with E-state index in [0.717, 1.165) is 5.57 Å². The molecule has 2 N–H and O–H groups in total. The molecule has 1 spiro atoms. The van der Waals surface area contributed by atoms with Crippen LogP contribution in [0.25, 0.3) is 6.08 Å². The van der Waals surface area contributed by atoms with Crippen LogP contribution in [0.3, 0.4) is 0 Å². The van der Waals surface area contributed by atoms with Crippen LogP contribution in [0, 0.1) is 11.8 Å². The molecule has 0 aromatic heterocycles. The van der Waals surface area contributed by atoms with Gasteiger partial charge in [0.25, 0.3) is 6.47 Å². The fourth-order valence-electron chi connectivity index (χ4n) is 8.11. The van der Waals surface area contributed by atoms with E-state index in [1.165, 1.54) is 0 Å². The van der Waals surface area contributed by atoms with Gasteiger partial charge in [0, 0.05) is 35.8 Å². The monoisotopic (exact) mass is 644 g/mol. The molecule has 9 nitrogen and oxygen atoms in total. The minimum Gasteiger partial charge on any atom is -0.506 e. The van der Waals surface area contributed by atoms with Crippen LogP contribution < -0.4 is 9.47 Å². The number of allylic oxidation sites excluding steroid dienone is 4. The highest BCUT2D eigenvalue weighted by molar-refractivity contribution is 6.19. The van der Waals surface area contributed by atoms with E-state index in [4.69, 9.17) is 18.9 Å². The third-order valence-electron chi connectivity index (χ3n) is 10.2. The highest BCUT2D eigenvalue weighted by Crippen LogP contribution is 2.68. The molecule has 7 rings (SSSR count). The number of hydrogen-bond acceptors (Lipinski definition) is 9. The van der Waals surface area contributed by atoms with Crippen molar-refractivity contribution in [1.82, 2.24) is 0 Å². The van der Waals surface area contributed by atoms with Crippen molar-refractivity contribution in [3.63, 3.8) is 0 Å². The van der Waals surface area contributed by atoms with Crippen LogP contribution in [-0.4, -0.2) is 56.3 Å². The Bertz CT molecular complexity index is 1730. The quantitative estimate of drug-likeness (QED) is 0.182. The SMILES string of the molecule is CC(C)=CCc1c2c(c(O)c3c1O[C@]14C(=C[C@@H]5CC1C(C)(C)O[C@]4(C/C=C(/C)OC=O)C5=O)C3=O)C=C[C@@](C)(C/C=C/C(C)(C)O)O2. The molecule has 6 aliphatic rings. The molecular formula is C38H44O9. The zero-order chi connectivity index (χ0) is 34.3. The second-order valence-electron chi connectivity index (χ2n) is 15.0. The van der Waals surface area contributed by atoms with Crippen molar-refractivity contribution in [2.75, 3.05) is 0 Å². The minimum absolute atomic E-state index is 0.0208. The molecular weight excluding hydrogens is 600 g/mol. The maximum Gasteiger partial charge on any atom is 0.298 e. The Balaban J connectivity index is 1.57. The fourth-order valence-corrected chi connectivity index (χ4v) is 8.11. The molecule has 3 aliphatic carbocycles. The molecule has 0 amide bonds. The van der Waals surface area contributed by atoms with Gasteiger partial charge in [0.05, 0.1) is 16.8 Å². The third kappa shape index (κ3) is 4.92. The zero-order valence-corrected chi connectivity index (χ0v) is 28.4. The van der Waals surface area contributed by atoms with Gasteiger partial charge in [0.1, 0.15) is 34.2 Å². The molecule has 3 heterocycles. The normalized spacial score (nSPS) is 31.4. The molecule has 1 saturated carbocycles. The van der Waals surface area contributed by atoms with E-state index in [0.29, 0.717) is 53.9 Å². The van der Waals surface area contributed by atoms with E-state index in [-0.39, 0.29) is 35.2 Å². The van der Waals surface area contributed by atoms with E-state index in [9.17, 15) is 24.6 Å². The molecule has 9 heteroatoms. The van der Waals surface area contributed by atoms with E-state index < -0.39 is 39.7 Å². The lowest BCUT2D eigenvalue weighted by Gasteiger charge is -2.56. The Labute approximate surface area is 275 Å². The Morgan fingerprint density at radius 3 is 2.47 bits per heavy atom. The number of Topliss-reactive ketones (excluding diaryl/α,β-unsaturated/α-hetero) is 2. The topological polar surface area (TPSA) is 129 Å². The van der Waals surface area contributed by atoms with Crippen molar-refractivity contribution >= 4 is 24.1 Å². The maximum absolute atomic E-state index is 14.7. The minimum atomic E-state index is -1.58. The second-order valence-corrected chi connectivity index (χ2v) is 15.0. The van der Waals surface area contributed by atoms with E-state index in [1.54, 1.807) is 45.1 Å². The molecule has 5 atom stereocenters. The van der Waals surface area contributed by atoms with Crippen molar-refractivity contribution in [1.29, 1.82) is 0 Å².